The predicted octanol–water partition coefficient (Wildman–Crippen LogP) is 3.31. The molecule has 0 aliphatic carbocycles. The summed E-state index contributed by atoms with van der Waals surface area (Å²) in [5.41, 5.74) is 5.35. The summed E-state index contributed by atoms with van der Waals surface area (Å²) < 4.78 is 53.3. The Kier molecular flexibility index (Phi) is 4.06. The molecule has 0 heterocycles. The van der Waals surface area contributed by atoms with Crippen LogP contribution in [-0.2, 0) is 10.0 Å². The number of hydrogen-bond donors (Lipinski definition) is 2. The van der Waals surface area contributed by atoms with E-state index in [1.807, 2.05) is 0 Å². The van der Waals surface area contributed by atoms with Gasteiger partial charge in [0.25, 0.3) is 10.0 Å². The molecule has 0 amide bonds. The molecule has 21 heavy (non-hydrogen) atoms. The second kappa shape index (κ2) is 5.50. The number of halogens is 3. The third-order valence-corrected chi connectivity index (χ3v) is 4.59. The zero-order valence-corrected chi connectivity index (χ0v) is 12.4. The van der Waals surface area contributed by atoms with Crippen molar-refractivity contribution in [2.75, 3.05) is 10.5 Å². The van der Waals surface area contributed by atoms with E-state index in [9.17, 15) is 17.2 Å². The van der Waals surface area contributed by atoms with E-state index in [4.69, 9.17) is 17.3 Å². The fourth-order valence-corrected chi connectivity index (χ4v) is 3.36. The van der Waals surface area contributed by atoms with Gasteiger partial charge in [-0.05, 0) is 37.3 Å². The fourth-order valence-electron chi connectivity index (χ4n) is 1.72. The highest BCUT2D eigenvalue weighted by molar-refractivity contribution is 7.92. The van der Waals surface area contributed by atoms with Crippen molar-refractivity contribution in [1.82, 2.24) is 0 Å². The summed E-state index contributed by atoms with van der Waals surface area (Å²) in [5, 5.41) is -0.111. The first kappa shape index (κ1) is 15.5. The molecule has 0 aliphatic heterocycles. The number of sulfonamides is 1. The van der Waals surface area contributed by atoms with Crippen molar-refractivity contribution in [2.24, 2.45) is 0 Å². The minimum absolute atomic E-state index is 0.0136. The van der Waals surface area contributed by atoms with Gasteiger partial charge in [0, 0.05) is 11.3 Å². The third-order valence-electron chi connectivity index (χ3n) is 2.78. The normalized spacial score (nSPS) is 11.4. The first-order chi connectivity index (χ1) is 9.70. The van der Waals surface area contributed by atoms with Crippen LogP contribution in [0.1, 0.15) is 5.56 Å². The smallest absolute Gasteiger partial charge is 0.262 e. The maximum Gasteiger partial charge on any atom is 0.262 e. The van der Waals surface area contributed by atoms with Gasteiger partial charge >= 0.3 is 0 Å². The number of benzene rings is 2. The molecule has 0 fully saturated rings. The van der Waals surface area contributed by atoms with Crippen LogP contribution >= 0.6 is 11.6 Å². The largest absolute Gasteiger partial charge is 0.399 e. The van der Waals surface area contributed by atoms with Gasteiger partial charge in [-0.1, -0.05) is 11.6 Å². The predicted molar refractivity (Wildman–Crippen MR) is 77.8 cm³/mol. The molecule has 0 spiro atoms. The van der Waals surface area contributed by atoms with Gasteiger partial charge in [-0.15, -0.1) is 0 Å². The van der Waals surface area contributed by atoms with Gasteiger partial charge in [0.05, 0.1) is 15.6 Å². The number of hydrogen-bond acceptors (Lipinski definition) is 3. The Balaban J connectivity index is 2.48. The average Bonchev–Trinajstić information content (AvgIpc) is 2.37. The molecule has 0 saturated heterocycles. The van der Waals surface area contributed by atoms with Gasteiger partial charge in [-0.3, -0.25) is 4.72 Å². The lowest BCUT2D eigenvalue weighted by molar-refractivity contribution is 0.591. The highest BCUT2D eigenvalue weighted by Crippen LogP contribution is 2.28. The van der Waals surface area contributed by atoms with Crippen molar-refractivity contribution >= 4 is 33.0 Å². The summed E-state index contributed by atoms with van der Waals surface area (Å²) in [6.45, 7) is 1.32. The van der Waals surface area contributed by atoms with E-state index in [0.717, 1.165) is 24.3 Å². The topological polar surface area (TPSA) is 72.2 Å². The number of nitrogen functional groups attached to an aromatic ring is 1. The minimum Gasteiger partial charge on any atom is -0.399 e. The Morgan fingerprint density at radius 2 is 1.86 bits per heavy atom. The molecule has 0 bridgehead atoms. The van der Waals surface area contributed by atoms with E-state index < -0.39 is 21.7 Å². The molecule has 0 aromatic heterocycles. The summed E-state index contributed by atoms with van der Waals surface area (Å²) in [4.78, 5) is -0.305. The van der Waals surface area contributed by atoms with Crippen molar-refractivity contribution in [3.05, 3.63) is 52.6 Å². The molecule has 112 valence electrons. The highest BCUT2D eigenvalue weighted by Gasteiger charge is 2.21. The number of anilines is 2. The monoisotopic (exact) mass is 332 g/mol. The Hall–Kier alpha value is -1.86. The van der Waals surface area contributed by atoms with E-state index in [1.54, 1.807) is 0 Å². The van der Waals surface area contributed by atoms with Crippen LogP contribution in [-0.4, -0.2) is 8.42 Å². The first-order valence-corrected chi connectivity index (χ1v) is 7.60. The SMILES string of the molecule is Cc1c(F)cc(N)cc1S(=O)(=O)Nc1ccc(F)cc1Cl. The molecule has 4 nitrogen and oxygen atoms in total. The lowest BCUT2D eigenvalue weighted by atomic mass is 10.2. The fraction of sp³-hybridized carbons (Fsp3) is 0.0769. The van der Waals surface area contributed by atoms with Crippen molar-refractivity contribution in [2.45, 2.75) is 11.8 Å². The zero-order valence-electron chi connectivity index (χ0n) is 10.8. The standard InChI is InChI=1S/C13H11ClF2N2O2S/c1-7-11(16)5-9(17)6-13(7)21(19,20)18-12-3-2-8(15)4-10(12)14/h2-6,18H,17H2,1H3. The van der Waals surface area contributed by atoms with E-state index in [-0.39, 0.29) is 26.9 Å². The maximum atomic E-state index is 13.6. The Labute approximate surface area is 125 Å². The minimum atomic E-state index is -4.10. The van der Waals surface area contributed by atoms with Crippen molar-refractivity contribution < 1.29 is 17.2 Å². The van der Waals surface area contributed by atoms with Crippen LogP contribution in [0.15, 0.2) is 35.2 Å². The van der Waals surface area contributed by atoms with Crippen molar-refractivity contribution in [3.8, 4) is 0 Å². The Morgan fingerprint density at radius 1 is 1.19 bits per heavy atom. The third kappa shape index (κ3) is 3.25. The second-order valence-electron chi connectivity index (χ2n) is 4.36. The van der Waals surface area contributed by atoms with E-state index in [1.165, 1.54) is 13.0 Å². The number of rotatable bonds is 3. The zero-order chi connectivity index (χ0) is 15.8. The summed E-state index contributed by atoms with van der Waals surface area (Å²) >= 11 is 5.76. The first-order valence-electron chi connectivity index (χ1n) is 5.74. The van der Waals surface area contributed by atoms with Gasteiger partial charge in [0.1, 0.15) is 11.6 Å². The average molecular weight is 333 g/mol. The molecular formula is C13H11ClF2N2O2S. The van der Waals surface area contributed by atoms with Crippen LogP contribution in [0.4, 0.5) is 20.2 Å². The Morgan fingerprint density at radius 3 is 2.48 bits per heavy atom. The van der Waals surface area contributed by atoms with E-state index in [0.29, 0.717) is 0 Å². The molecular weight excluding hydrogens is 322 g/mol. The van der Waals surface area contributed by atoms with Crippen LogP contribution in [0.25, 0.3) is 0 Å². The van der Waals surface area contributed by atoms with Crippen molar-refractivity contribution in [3.63, 3.8) is 0 Å². The van der Waals surface area contributed by atoms with Crippen LogP contribution in [0, 0.1) is 18.6 Å². The van der Waals surface area contributed by atoms with Gasteiger partial charge in [-0.25, -0.2) is 17.2 Å². The van der Waals surface area contributed by atoms with Gasteiger partial charge in [0.15, 0.2) is 0 Å². The van der Waals surface area contributed by atoms with E-state index >= 15 is 0 Å². The van der Waals surface area contributed by atoms with Crippen LogP contribution in [0.2, 0.25) is 5.02 Å². The summed E-state index contributed by atoms with van der Waals surface area (Å²) in [6.07, 6.45) is 0. The van der Waals surface area contributed by atoms with E-state index in [2.05, 4.69) is 4.72 Å². The second-order valence-corrected chi connectivity index (χ2v) is 6.41. The molecule has 0 saturated carbocycles. The van der Waals surface area contributed by atoms with Gasteiger partial charge < -0.3 is 5.73 Å². The summed E-state index contributed by atoms with van der Waals surface area (Å²) in [6, 6.07) is 5.35. The van der Waals surface area contributed by atoms with Crippen LogP contribution in [0.3, 0.4) is 0 Å². The molecule has 3 N–H and O–H groups in total. The van der Waals surface area contributed by atoms with Crippen molar-refractivity contribution in [1.29, 1.82) is 0 Å². The molecule has 0 unspecified atom stereocenters. The molecule has 0 radical (unpaired) electrons. The molecule has 2 aromatic rings. The Bertz CT molecular complexity index is 810. The van der Waals surface area contributed by atoms with Gasteiger partial charge in [-0.2, -0.15) is 0 Å². The van der Waals surface area contributed by atoms with Crippen LogP contribution < -0.4 is 10.5 Å². The lowest BCUT2D eigenvalue weighted by Gasteiger charge is -2.12. The summed E-state index contributed by atoms with van der Waals surface area (Å²) in [5.74, 6) is -1.34. The maximum absolute atomic E-state index is 13.6. The van der Waals surface area contributed by atoms with Gasteiger partial charge in [0.2, 0.25) is 0 Å². The number of nitrogens with two attached hydrogens (primary N) is 1. The quantitative estimate of drug-likeness (QED) is 0.847. The highest BCUT2D eigenvalue weighted by atomic mass is 35.5. The molecule has 0 aliphatic rings. The molecule has 2 rings (SSSR count). The van der Waals surface area contributed by atoms with Crippen LogP contribution in [0.5, 0.6) is 0 Å². The summed E-state index contributed by atoms with van der Waals surface area (Å²) in [7, 11) is -4.10. The lowest BCUT2D eigenvalue weighted by Crippen LogP contribution is -2.15. The molecule has 0 atom stereocenters. The number of nitrogens with one attached hydrogen (secondary N) is 1. The molecule has 8 heteroatoms. The molecule has 2 aromatic carbocycles.